The first kappa shape index (κ1) is 19.3. The van der Waals surface area contributed by atoms with Crippen molar-refractivity contribution in [1.82, 2.24) is 10.9 Å². The second-order valence-corrected chi connectivity index (χ2v) is 7.54. The molecule has 0 unspecified atom stereocenters. The summed E-state index contributed by atoms with van der Waals surface area (Å²) >= 11 is 4.57. The normalized spacial score (nSPS) is 10.2. The van der Waals surface area contributed by atoms with Gasteiger partial charge in [0.05, 0.1) is 22.4 Å². The third kappa shape index (κ3) is 5.47. The Morgan fingerprint density at radius 3 is 2.52 bits per heavy atom. The third-order valence-corrected chi connectivity index (χ3v) is 4.89. The first-order valence-corrected chi connectivity index (χ1v) is 9.33. The number of halogens is 1. The second-order valence-electron chi connectivity index (χ2n) is 5.08. The monoisotopic (exact) mass is 426 g/mol. The molecule has 0 atom stereocenters. The van der Waals surface area contributed by atoms with Gasteiger partial charge in [-0.2, -0.15) is 0 Å². The molecule has 0 aliphatic carbocycles. The molecule has 2 N–H and O–H groups in total. The Balaban J connectivity index is 1.97. The van der Waals surface area contributed by atoms with Gasteiger partial charge >= 0.3 is 0 Å². The van der Waals surface area contributed by atoms with Crippen LogP contribution in [0.2, 0.25) is 0 Å². The Morgan fingerprint density at radius 1 is 1.12 bits per heavy atom. The molecule has 0 radical (unpaired) electrons. The van der Waals surface area contributed by atoms with Crippen LogP contribution in [0.5, 0.6) is 11.5 Å². The van der Waals surface area contributed by atoms with Crippen LogP contribution in [0.15, 0.2) is 34.1 Å². The Hall–Kier alpha value is -2.06. The Kier molecular flexibility index (Phi) is 7.27. The van der Waals surface area contributed by atoms with Gasteiger partial charge in [-0.25, -0.2) is 0 Å². The summed E-state index contributed by atoms with van der Waals surface area (Å²) in [6, 6.07) is 8.31. The number of benzene rings is 1. The number of rotatable bonds is 7. The molecule has 2 amide bonds. The summed E-state index contributed by atoms with van der Waals surface area (Å²) in [5.74, 6) is 0.232. The number of hydrazine groups is 1. The lowest BCUT2D eigenvalue weighted by Crippen LogP contribution is -2.41. The minimum Gasteiger partial charge on any atom is -0.493 e. The van der Waals surface area contributed by atoms with Crippen molar-refractivity contribution in [3.8, 4) is 11.5 Å². The van der Waals surface area contributed by atoms with Gasteiger partial charge in [-0.05, 0) is 52.7 Å². The van der Waals surface area contributed by atoms with Crippen molar-refractivity contribution >= 4 is 39.1 Å². The van der Waals surface area contributed by atoms with Crippen LogP contribution in [-0.2, 0) is 0 Å². The molecule has 2 aromatic rings. The molecule has 0 fully saturated rings. The number of carbonyl (C=O) groups is 2. The summed E-state index contributed by atoms with van der Waals surface area (Å²) in [4.78, 5) is 24.6. The summed E-state index contributed by atoms with van der Waals surface area (Å²) in [5, 5.41) is 0. The smallest absolute Gasteiger partial charge is 0.279 e. The van der Waals surface area contributed by atoms with Crippen LogP contribution in [0.25, 0.3) is 0 Å². The molecule has 1 aromatic carbocycles. The molecule has 25 heavy (non-hydrogen) atoms. The van der Waals surface area contributed by atoms with E-state index in [1.165, 1.54) is 18.4 Å². The minimum atomic E-state index is -0.442. The van der Waals surface area contributed by atoms with Crippen LogP contribution in [-0.4, -0.2) is 25.5 Å². The largest absolute Gasteiger partial charge is 0.493 e. The molecule has 0 saturated heterocycles. The van der Waals surface area contributed by atoms with E-state index >= 15 is 0 Å². The van der Waals surface area contributed by atoms with Gasteiger partial charge in [0, 0.05) is 5.56 Å². The number of thiophene rings is 1. The fraction of sp³-hybridized carbons (Fsp3) is 0.294. The van der Waals surface area contributed by atoms with Gasteiger partial charge in [-0.1, -0.05) is 13.3 Å². The number of nitrogens with one attached hydrogen (secondary N) is 2. The molecule has 134 valence electrons. The van der Waals surface area contributed by atoms with Crippen molar-refractivity contribution in [2.45, 2.75) is 19.8 Å². The molecule has 8 heteroatoms. The van der Waals surface area contributed by atoms with Crippen LogP contribution < -0.4 is 20.3 Å². The van der Waals surface area contributed by atoms with Crippen LogP contribution in [0.4, 0.5) is 0 Å². The molecule has 0 bridgehead atoms. The van der Waals surface area contributed by atoms with Gasteiger partial charge in [0.25, 0.3) is 11.8 Å². The highest BCUT2D eigenvalue weighted by atomic mass is 79.9. The maximum absolute atomic E-state index is 12.2. The number of amides is 2. The van der Waals surface area contributed by atoms with E-state index < -0.39 is 5.91 Å². The summed E-state index contributed by atoms with van der Waals surface area (Å²) in [6.07, 6.45) is 1.97. The summed E-state index contributed by atoms with van der Waals surface area (Å²) in [6.45, 7) is 2.67. The fourth-order valence-electron chi connectivity index (χ4n) is 1.94. The highest BCUT2D eigenvalue weighted by Gasteiger charge is 2.13. The zero-order chi connectivity index (χ0) is 18.2. The topological polar surface area (TPSA) is 76.7 Å². The molecule has 0 aliphatic heterocycles. The number of ether oxygens (including phenoxy) is 2. The number of hydrogen-bond donors (Lipinski definition) is 2. The van der Waals surface area contributed by atoms with Gasteiger partial charge in [-0.3, -0.25) is 20.4 Å². The lowest BCUT2D eigenvalue weighted by atomic mass is 10.2. The summed E-state index contributed by atoms with van der Waals surface area (Å²) < 4.78 is 11.7. The highest BCUT2D eigenvalue weighted by Crippen LogP contribution is 2.28. The molecule has 0 saturated carbocycles. The molecule has 0 spiro atoms. The Morgan fingerprint density at radius 2 is 1.88 bits per heavy atom. The fourth-order valence-corrected chi connectivity index (χ4v) is 3.22. The van der Waals surface area contributed by atoms with E-state index in [-0.39, 0.29) is 5.91 Å². The SMILES string of the molecule is CCCCOc1ccc(C(=O)NNC(=O)c2ccc(Br)s2)cc1OC. The van der Waals surface area contributed by atoms with E-state index in [1.807, 2.05) is 0 Å². The maximum Gasteiger partial charge on any atom is 0.279 e. The van der Waals surface area contributed by atoms with Crippen LogP contribution in [0, 0.1) is 0 Å². The molecule has 1 heterocycles. The number of hydrogen-bond acceptors (Lipinski definition) is 5. The van der Waals surface area contributed by atoms with Crippen molar-refractivity contribution in [2.75, 3.05) is 13.7 Å². The van der Waals surface area contributed by atoms with E-state index in [9.17, 15) is 9.59 Å². The van der Waals surface area contributed by atoms with E-state index in [2.05, 4.69) is 33.7 Å². The van der Waals surface area contributed by atoms with Crippen LogP contribution in [0.3, 0.4) is 0 Å². The molecule has 2 rings (SSSR count). The lowest BCUT2D eigenvalue weighted by molar-refractivity contribution is 0.0848. The van der Waals surface area contributed by atoms with Gasteiger partial charge in [0.15, 0.2) is 11.5 Å². The first-order valence-electron chi connectivity index (χ1n) is 7.72. The number of carbonyl (C=O) groups excluding carboxylic acids is 2. The van der Waals surface area contributed by atoms with E-state index in [0.29, 0.717) is 28.5 Å². The molecular formula is C17H19BrN2O4S. The van der Waals surface area contributed by atoms with E-state index in [4.69, 9.17) is 9.47 Å². The zero-order valence-electron chi connectivity index (χ0n) is 13.9. The second kappa shape index (κ2) is 9.43. The number of methoxy groups -OCH3 is 1. The van der Waals surface area contributed by atoms with Crippen molar-refractivity contribution in [2.24, 2.45) is 0 Å². The predicted octanol–water partition coefficient (Wildman–Crippen LogP) is 3.77. The number of unbranched alkanes of at least 4 members (excludes halogenated alkanes) is 1. The predicted molar refractivity (Wildman–Crippen MR) is 100 cm³/mol. The maximum atomic E-state index is 12.2. The van der Waals surface area contributed by atoms with Crippen molar-refractivity contribution in [3.05, 3.63) is 44.6 Å². The lowest BCUT2D eigenvalue weighted by Gasteiger charge is -2.12. The third-order valence-electron chi connectivity index (χ3n) is 3.27. The van der Waals surface area contributed by atoms with Gasteiger partial charge in [-0.15, -0.1) is 11.3 Å². The van der Waals surface area contributed by atoms with Gasteiger partial charge in [0.2, 0.25) is 0 Å². The van der Waals surface area contributed by atoms with Crippen LogP contribution >= 0.6 is 27.3 Å². The molecule has 6 nitrogen and oxygen atoms in total. The van der Waals surface area contributed by atoms with Gasteiger partial charge < -0.3 is 9.47 Å². The Labute approximate surface area is 158 Å². The molecule has 1 aromatic heterocycles. The van der Waals surface area contributed by atoms with Crippen molar-refractivity contribution < 1.29 is 19.1 Å². The van der Waals surface area contributed by atoms with Crippen molar-refractivity contribution in [1.29, 1.82) is 0 Å². The quantitative estimate of drug-likeness (QED) is 0.521. The highest BCUT2D eigenvalue weighted by molar-refractivity contribution is 9.11. The summed E-state index contributed by atoms with van der Waals surface area (Å²) in [5.41, 5.74) is 5.12. The zero-order valence-corrected chi connectivity index (χ0v) is 16.3. The molecule has 0 aliphatic rings. The van der Waals surface area contributed by atoms with Crippen molar-refractivity contribution in [3.63, 3.8) is 0 Å². The first-order chi connectivity index (χ1) is 12.0. The average Bonchev–Trinajstić information content (AvgIpc) is 3.06. The standard InChI is InChI=1S/C17H19BrN2O4S/c1-3-4-9-24-12-6-5-11(10-13(12)23-2)16(21)19-20-17(22)14-7-8-15(18)25-14/h5-8,10H,3-4,9H2,1-2H3,(H,19,21)(H,20,22). The van der Waals surface area contributed by atoms with Crippen LogP contribution in [0.1, 0.15) is 39.8 Å². The average molecular weight is 427 g/mol. The molecular weight excluding hydrogens is 408 g/mol. The van der Waals surface area contributed by atoms with E-state index in [1.54, 1.807) is 30.3 Å². The minimum absolute atomic E-state index is 0.354. The summed E-state index contributed by atoms with van der Waals surface area (Å²) in [7, 11) is 1.51. The Bertz CT molecular complexity index is 748. The van der Waals surface area contributed by atoms with Gasteiger partial charge in [0.1, 0.15) is 0 Å². The van der Waals surface area contributed by atoms with E-state index in [0.717, 1.165) is 16.6 Å².